The fourth-order valence-corrected chi connectivity index (χ4v) is 2.37. The molecule has 7 heteroatoms. The van der Waals surface area contributed by atoms with E-state index in [1.54, 1.807) is 60.7 Å². The van der Waals surface area contributed by atoms with Crippen molar-refractivity contribution in [1.29, 1.82) is 0 Å². The van der Waals surface area contributed by atoms with Gasteiger partial charge < -0.3 is 15.8 Å². The van der Waals surface area contributed by atoms with E-state index in [0.29, 0.717) is 26.7 Å². The summed E-state index contributed by atoms with van der Waals surface area (Å²) in [5.74, 6) is -0.784. The molecule has 3 aromatic rings. The summed E-state index contributed by atoms with van der Waals surface area (Å²) in [6.45, 7) is 0. The zero-order valence-corrected chi connectivity index (χ0v) is 14.2. The van der Waals surface area contributed by atoms with Crippen LogP contribution < -0.4 is 15.4 Å². The molecule has 0 aliphatic rings. The van der Waals surface area contributed by atoms with E-state index in [2.05, 4.69) is 10.6 Å². The van der Waals surface area contributed by atoms with Crippen LogP contribution in [0.25, 0.3) is 0 Å². The van der Waals surface area contributed by atoms with Crippen molar-refractivity contribution in [2.24, 2.45) is 0 Å². The predicted octanol–water partition coefficient (Wildman–Crippen LogP) is 3.48. The first-order valence-electron chi connectivity index (χ1n) is 7.69. The van der Waals surface area contributed by atoms with E-state index in [9.17, 15) is 14.8 Å². The van der Waals surface area contributed by atoms with Crippen LogP contribution in [0.3, 0.4) is 0 Å². The van der Waals surface area contributed by atoms with Gasteiger partial charge in [0, 0.05) is 34.1 Å². The highest BCUT2D eigenvalue weighted by Crippen LogP contribution is 2.16. The molecule has 0 atom stereocenters. The van der Waals surface area contributed by atoms with Crippen LogP contribution in [0.5, 0.6) is 0 Å². The van der Waals surface area contributed by atoms with E-state index >= 15 is 0 Å². The monoisotopic (exact) mass is 367 g/mol. The van der Waals surface area contributed by atoms with E-state index < -0.39 is 5.91 Å². The van der Waals surface area contributed by atoms with Crippen molar-refractivity contribution in [2.75, 3.05) is 10.6 Å². The SMILES string of the molecule is O=C(Nc1ccc(NC(=O)c2cccc[n+]2[O-])cc1)c1ccc(Cl)cc1. The number of anilines is 2. The molecule has 0 saturated heterocycles. The number of nitrogens with one attached hydrogen (secondary N) is 2. The summed E-state index contributed by atoms with van der Waals surface area (Å²) in [6.07, 6.45) is 1.25. The van der Waals surface area contributed by atoms with Gasteiger partial charge in [-0.1, -0.05) is 11.6 Å². The van der Waals surface area contributed by atoms with E-state index in [1.807, 2.05) is 0 Å². The second kappa shape index (κ2) is 7.67. The number of aromatic nitrogens is 1. The predicted molar refractivity (Wildman–Crippen MR) is 99.2 cm³/mol. The second-order valence-electron chi connectivity index (χ2n) is 5.40. The molecule has 0 aliphatic carbocycles. The number of rotatable bonds is 4. The number of amides is 2. The quantitative estimate of drug-likeness (QED) is 0.547. The molecule has 2 amide bonds. The third kappa shape index (κ3) is 4.17. The minimum Gasteiger partial charge on any atom is -0.618 e. The Bertz CT molecular complexity index is 941. The molecule has 0 aliphatic heterocycles. The van der Waals surface area contributed by atoms with Gasteiger partial charge in [-0.15, -0.1) is 0 Å². The number of benzene rings is 2. The second-order valence-corrected chi connectivity index (χ2v) is 5.84. The molecule has 0 bridgehead atoms. The maximum absolute atomic E-state index is 12.1. The third-order valence-corrected chi connectivity index (χ3v) is 3.82. The lowest BCUT2D eigenvalue weighted by Crippen LogP contribution is -2.36. The summed E-state index contributed by atoms with van der Waals surface area (Å²) < 4.78 is 0.496. The first-order chi connectivity index (χ1) is 12.5. The van der Waals surface area contributed by atoms with Gasteiger partial charge in [-0.2, -0.15) is 4.73 Å². The molecule has 0 radical (unpaired) electrons. The number of hydrogen-bond donors (Lipinski definition) is 2. The fourth-order valence-electron chi connectivity index (χ4n) is 2.24. The van der Waals surface area contributed by atoms with Crippen LogP contribution in [0.2, 0.25) is 5.02 Å². The van der Waals surface area contributed by atoms with Gasteiger partial charge in [0.2, 0.25) is 0 Å². The molecule has 2 N–H and O–H groups in total. The molecule has 3 rings (SSSR count). The van der Waals surface area contributed by atoms with Crippen LogP contribution >= 0.6 is 11.6 Å². The zero-order chi connectivity index (χ0) is 18.5. The van der Waals surface area contributed by atoms with E-state index in [0.717, 1.165) is 0 Å². The standard InChI is InChI=1S/C19H14ClN3O3/c20-14-6-4-13(5-7-14)18(24)21-15-8-10-16(11-9-15)22-19(25)17-3-1-2-12-23(17)26/h1-12H,(H,21,24)(H,22,25). The summed E-state index contributed by atoms with van der Waals surface area (Å²) in [5, 5.41) is 17.5. The molecular formula is C19H14ClN3O3. The summed E-state index contributed by atoms with van der Waals surface area (Å²) in [4.78, 5) is 24.2. The largest absolute Gasteiger partial charge is 0.618 e. The highest BCUT2D eigenvalue weighted by molar-refractivity contribution is 6.30. The summed E-state index contributed by atoms with van der Waals surface area (Å²) in [5.41, 5.74) is 1.55. The van der Waals surface area contributed by atoms with Crippen LogP contribution in [0.15, 0.2) is 72.9 Å². The lowest BCUT2D eigenvalue weighted by atomic mass is 10.2. The summed E-state index contributed by atoms with van der Waals surface area (Å²) in [6, 6.07) is 17.7. The van der Waals surface area contributed by atoms with Crippen molar-refractivity contribution >= 4 is 34.8 Å². The van der Waals surface area contributed by atoms with Gasteiger partial charge in [-0.3, -0.25) is 9.59 Å². The topological polar surface area (TPSA) is 85.1 Å². The highest BCUT2D eigenvalue weighted by atomic mass is 35.5. The Morgan fingerprint density at radius 1 is 0.808 bits per heavy atom. The molecule has 6 nitrogen and oxygen atoms in total. The van der Waals surface area contributed by atoms with Gasteiger partial charge in [-0.05, 0) is 54.6 Å². The number of hydrogen-bond acceptors (Lipinski definition) is 3. The van der Waals surface area contributed by atoms with Gasteiger partial charge >= 0.3 is 5.91 Å². The molecule has 0 spiro atoms. The average molecular weight is 368 g/mol. The fraction of sp³-hybridized carbons (Fsp3) is 0. The molecule has 1 aromatic heterocycles. The Morgan fingerprint density at radius 3 is 1.96 bits per heavy atom. The first-order valence-corrected chi connectivity index (χ1v) is 8.07. The molecule has 0 saturated carbocycles. The van der Waals surface area contributed by atoms with Crippen molar-refractivity contribution < 1.29 is 14.3 Å². The number of nitrogens with zero attached hydrogens (tertiary/aromatic N) is 1. The Morgan fingerprint density at radius 2 is 1.38 bits per heavy atom. The van der Waals surface area contributed by atoms with E-state index in [4.69, 9.17) is 11.6 Å². The highest BCUT2D eigenvalue weighted by Gasteiger charge is 2.15. The van der Waals surface area contributed by atoms with Gasteiger partial charge in [0.15, 0.2) is 6.20 Å². The van der Waals surface area contributed by atoms with Gasteiger partial charge in [0.1, 0.15) is 0 Å². The normalized spacial score (nSPS) is 10.2. The molecule has 26 heavy (non-hydrogen) atoms. The Kier molecular flexibility index (Phi) is 5.15. The molecule has 130 valence electrons. The number of carbonyl (C=O) groups is 2. The minimum atomic E-state index is -0.515. The molecule has 2 aromatic carbocycles. The van der Waals surface area contributed by atoms with E-state index in [-0.39, 0.29) is 11.6 Å². The zero-order valence-electron chi connectivity index (χ0n) is 13.5. The Hall–Kier alpha value is -3.38. The third-order valence-electron chi connectivity index (χ3n) is 3.56. The van der Waals surface area contributed by atoms with Crippen molar-refractivity contribution in [2.45, 2.75) is 0 Å². The van der Waals surface area contributed by atoms with Gasteiger partial charge in [0.05, 0.1) is 0 Å². The maximum Gasteiger partial charge on any atom is 0.321 e. The van der Waals surface area contributed by atoms with E-state index in [1.165, 1.54) is 12.3 Å². The number of pyridine rings is 1. The van der Waals surface area contributed by atoms with Crippen LogP contribution in [0.4, 0.5) is 11.4 Å². The smallest absolute Gasteiger partial charge is 0.321 e. The van der Waals surface area contributed by atoms with Crippen LogP contribution in [-0.2, 0) is 0 Å². The van der Waals surface area contributed by atoms with Crippen LogP contribution in [0, 0.1) is 5.21 Å². The molecule has 0 fully saturated rings. The maximum atomic E-state index is 12.1. The number of carbonyl (C=O) groups excluding carboxylic acids is 2. The molecule has 1 heterocycles. The van der Waals surface area contributed by atoms with Crippen molar-refractivity contribution in [3.63, 3.8) is 0 Å². The lowest BCUT2D eigenvalue weighted by molar-refractivity contribution is -0.607. The Balaban J connectivity index is 1.65. The average Bonchev–Trinajstić information content (AvgIpc) is 2.64. The summed E-state index contributed by atoms with van der Waals surface area (Å²) in [7, 11) is 0. The molecule has 0 unspecified atom stereocenters. The van der Waals surface area contributed by atoms with Crippen molar-refractivity contribution in [3.8, 4) is 0 Å². The van der Waals surface area contributed by atoms with Crippen molar-refractivity contribution in [3.05, 3.63) is 94.4 Å². The van der Waals surface area contributed by atoms with Crippen molar-refractivity contribution in [1.82, 2.24) is 0 Å². The first kappa shape index (κ1) is 17.4. The van der Waals surface area contributed by atoms with Gasteiger partial charge in [0.25, 0.3) is 11.6 Å². The summed E-state index contributed by atoms with van der Waals surface area (Å²) >= 11 is 5.80. The lowest BCUT2D eigenvalue weighted by Gasteiger charge is -2.08. The van der Waals surface area contributed by atoms with Crippen LogP contribution in [0.1, 0.15) is 20.8 Å². The minimum absolute atomic E-state index is 0.00684. The van der Waals surface area contributed by atoms with Gasteiger partial charge in [-0.25, -0.2) is 0 Å². The van der Waals surface area contributed by atoms with Crippen LogP contribution in [-0.4, -0.2) is 11.8 Å². The molecular weight excluding hydrogens is 354 g/mol. The number of halogens is 1. The Labute approximate surface area is 154 Å².